The number of carbonyl (C=O) groups is 2. The molecule has 0 unspecified atom stereocenters. The van der Waals surface area contributed by atoms with Crippen LogP contribution < -0.4 is 4.74 Å². The third-order valence-corrected chi connectivity index (χ3v) is 4.33. The van der Waals surface area contributed by atoms with Gasteiger partial charge in [-0.1, -0.05) is 28.1 Å². The highest BCUT2D eigenvalue weighted by Crippen LogP contribution is 2.26. The van der Waals surface area contributed by atoms with Crippen LogP contribution in [0.25, 0.3) is 0 Å². The summed E-state index contributed by atoms with van der Waals surface area (Å²) in [6, 6.07) is 12.1. The summed E-state index contributed by atoms with van der Waals surface area (Å²) in [5, 5.41) is 0. The van der Waals surface area contributed by atoms with Crippen molar-refractivity contribution in [3.63, 3.8) is 0 Å². The first-order valence-corrected chi connectivity index (χ1v) is 8.75. The van der Waals surface area contributed by atoms with Crippen molar-refractivity contribution in [3.05, 3.63) is 58.1 Å². The molecule has 0 aliphatic rings. The van der Waals surface area contributed by atoms with E-state index in [4.69, 9.17) is 9.47 Å². The predicted molar refractivity (Wildman–Crippen MR) is 93.5 cm³/mol. The summed E-state index contributed by atoms with van der Waals surface area (Å²) in [6.45, 7) is -0.317. The molecular formula is C17H15BrO4S. The standard InChI is InChI=1S/C17H15BrO4S/c1-21-16-9-13(23-2)6-7-14(16)17(20)22-10-15(19)11-4-3-5-12(18)8-11/h3-9H,10H2,1-2H3. The van der Waals surface area contributed by atoms with E-state index in [9.17, 15) is 9.59 Å². The van der Waals surface area contributed by atoms with Crippen LogP contribution >= 0.6 is 27.7 Å². The number of hydrogen-bond donors (Lipinski definition) is 0. The SMILES string of the molecule is COc1cc(SC)ccc1C(=O)OCC(=O)c1cccc(Br)c1. The molecule has 0 saturated heterocycles. The van der Waals surface area contributed by atoms with Gasteiger partial charge in [-0.05, 0) is 36.6 Å². The molecule has 0 aliphatic carbocycles. The maximum absolute atomic E-state index is 12.2. The molecule has 2 aromatic carbocycles. The Labute approximate surface area is 147 Å². The molecule has 0 aromatic heterocycles. The van der Waals surface area contributed by atoms with Crippen molar-refractivity contribution >= 4 is 39.4 Å². The summed E-state index contributed by atoms with van der Waals surface area (Å²) in [4.78, 5) is 25.2. The largest absolute Gasteiger partial charge is 0.496 e. The molecule has 2 aromatic rings. The number of thioether (sulfide) groups is 1. The van der Waals surface area contributed by atoms with Gasteiger partial charge in [-0.15, -0.1) is 11.8 Å². The second-order valence-corrected chi connectivity index (χ2v) is 6.37. The first-order chi connectivity index (χ1) is 11.0. The molecule has 23 heavy (non-hydrogen) atoms. The number of rotatable bonds is 6. The normalized spacial score (nSPS) is 10.2. The van der Waals surface area contributed by atoms with E-state index in [1.807, 2.05) is 12.3 Å². The molecule has 0 aliphatic heterocycles. The number of benzene rings is 2. The monoisotopic (exact) mass is 394 g/mol. The van der Waals surface area contributed by atoms with Gasteiger partial charge in [0.1, 0.15) is 11.3 Å². The Bertz CT molecular complexity index is 730. The zero-order valence-corrected chi connectivity index (χ0v) is 15.1. The van der Waals surface area contributed by atoms with Gasteiger partial charge < -0.3 is 9.47 Å². The van der Waals surface area contributed by atoms with Gasteiger partial charge in [0.15, 0.2) is 12.4 Å². The van der Waals surface area contributed by atoms with E-state index >= 15 is 0 Å². The second kappa shape index (κ2) is 8.17. The summed E-state index contributed by atoms with van der Waals surface area (Å²) in [6.07, 6.45) is 1.93. The lowest BCUT2D eigenvalue weighted by Crippen LogP contribution is -2.15. The third kappa shape index (κ3) is 4.59. The Morgan fingerprint density at radius 1 is 1.17 bits per heavy atom. The molecule has 0 radical (unpaired) electrons. The van der Waals surface area contributed by atoms with Crippen LogP contribution in [0.5, 0.6) is 5.75 Å². The smallest absolute Gasteiger partial charge is 0.342 e. The molecule has 0 saturated carbocycles. The summed E-state index contributed by atoms with van der Waals surface area (Å²) < 4.78 is 11.1. The average Bonchev–Trinajstić information content (AvgIpc) is 2.58. The Morgan fingerprint density at radius 2 is 1.96 bits per heavy atom. The van der Waals surface area contributed by atoms with Gasteiger partial charge in [-0.25, -0.2) is 4.79 Å². The zero-order valence-electron chi connectivity index (χ0n) is 12.7. The van der Waals surface area contributed by atoms with Crippen LogP contribution in [0.15, 0.2) is 51.8 Å². The minimum atomic E-state index is -0.585. The van der Waals surface area contributed by atoms with Gasteiger partial charge in [0.25, 0.3) is 0 Å². The minimum Gasteiger partial charge on any atom is -0.496 e. The summed E-state index contributed by atoms with van der Waals surface area (Å²) in [5.74, 6) is -0.422. The van der Waals surface area contributed by atoms with Gasteiger partial charge in [-0.3, -0.25) is 4.79 Å². The average molecular weight is 395 g/mol. The molecule has 120 valence electrons. The molecule has 0 amide bonds. The Morgan fingerprint density at radius 3 is 2.61 bits per heavy atom. The third-order valence-electron chi connectivity index (χ3n) is 3.11. The van der Waals surface area contributed by atoms with E-state index in [0.717, 1.165) is 9.37 Å². The maximum Gasteiger partial charge on any atom is 0.342 e. The van der Waals surface area contributed by atoms with Gasteiger partial charge in [0.05, 0.1) is 7.11 Å². The van der Waals surface area contributed by atoms with Crippen LogP contribution in [0.3, 0.4) is 0 Å². The fourth-order valence-electron chi connectivity index (χ4n) is 1.92. The molecule has 2 rings (SSSR count). The minimum absolute atomic E-state index is 0.264. The maximum atomic E-state index is 12.2. The highest BCUT2D eigenvalue weighted by Gasteiger charge is 2.16. The van der Waals surface area contributed by atoms with Crippen LogP contribution in [0.1, 0.15) is 20.7 Å². The number of esters is 1. The summed E-state index contributed by atoms with van der Waals surface area (Å²) in [7, 11) is 1.49. The highest BCUT2D eigenvalue weighted by molar-refractivity contribution is 9.10. The van der Waals surface area contributed by atoms with E-state index in [1.54, 1.807) is 48.2 Å². The number of halogens is 1. The van der Waals surface area contributed by atoms with Crippen LogP contribution in [0.2, 0.25) is 0 Å². The van der Waals surface area contributed by atoms with Crippen molar-refractivity contribution in [2.45, 2.75) is 4.90 Å². The predicted octanol–water partition coefficient (Wildman–Crippen LogP) is 4.22. The number of methoxy groups -OCH3 is 1. The van der Waals surface area contributed by atoms with E-state index < -0.39 is 5.97 Å². The lowest BCUT2D eigenvalue weighted by molar-refractivity contribution is 0.0471. The van der Waals surface area contributed by atoms with E-state index in [1.165, 1.54) is 7.11 Å². The van der Waals surface area contributed by atoms with Crippen molar-refractivity contribution in [3.8, 4) is 5.75 Å². The van der Waals surface area contributed by atoms with Gasteiger partial charge in [0, 0.05) is 14.9 Å². The molecular weight excluding hydrogens is 380 g/mol. The van der Waals surface area contributed by atoms with Gasteiger partial charge >= 0.3 is 5.97 Å². The topological polar surface area (TPSA) is 52.6 Å². The van der Waals surface area contributed by atoms with Crippen molar-refractivity contribution in [2.24, 2.45) is 0 Å². The van der Waals surface area contributed by atoms with Crippen LogP contribution in [-0.4, -0.2) is 31.7 Å². The summed E-state index contributed by atoms with van der Waals surface area (Å²) >= 11 is 4.85. The zero-order chi connectivity index (χ0) is 16.8. The van der Waals surface area contributed by atoms with Crippen molar-refractivity contribution in [1.29, 1.82) is 0 Å². The molecule has 0 heterocycles. The Balaban J connectivity index is 2.06. The number of carbonyl (C=O) groups excluding carboxylic acids is 2. The fraction of sp³-hybridized carbons (Fsp3) is 0.176. The van der Waals surface area contributed by atoms with Gasteiger partial charge in [0.2, 0.25) is 0 Å². The highest BCUT2D eigenvalue weighted by atomic mass is 79.9. The van der Waals surface area contributed by atoms with Crippen LogP contribution in [0, 0.1) is 0 Å². The Kier molecular flexibility index (Phi) is 6.24. The first kappa shape index (κ1) is 17.6. The number of ketones is 1. The number of ether oxygens (including phenoxy) is 2. The quantitative estimate of drug-likeness (QED) is 0.417. The lowest BCUT2D eigenvalue weighted by Gasteiger charge is -2.10. The van der Waals surface area contributed by atoms with Crippen LogP contribution in [-0.2, 0) is 4.74 Å². The van der Waals surface area contributed by atoms with E-state index in [2.05, 4.69) is 15.9 Å². The van der Waals surface area contributed by atoms with Crippen molar-refractivity contribution in [1.82, 2.24) is 0 Å². The number of hydrogen-bond acceptors (Lipinski definition) is 5. The first-order valence-electron chi connectivity index (χ1n) is 6.73. The molecule has 0 bridgehead atoms. The number of Topliss-reactive ketones (excluding diaryl/α,β-unsaturated/α-hetero) is 1. The molecule has 0 atom stereocenters. The second-order valence-electron chi connectivity index (χ2n) is 4.58. The van der Waals surface area contributed by atoms with Gasteiger partial charge in [-0.2, -0.15) is 0 Å². The molecule has 4 nitrogen and oxygen atoms in total. The molecule has 0 spiro atoms. The fourth-order valence-corrected chi connectivity index (χ4v) is 2.75. The molecule has 0 fully saturated rings. The van der Waals surface area contributed by atoms with Crippen molar-refractivity contribution < 1.29 is 19.1 Å². The lowest BCUT2D eigenvalue weighted by atomic mass is 10.1. The Hall–Kier alpha value is -1.79. The molecule has 0 N–H and O–H groups in total. The van der Waals surface area contributed by atoms with E-state index in [0.29, 0.717) is 16.9 Å². The van der Waals surface area contributed by atoms with Crippen LogP contribution in [0.4, 0.5) is 0 Å². The summed E-state index contributed by atoms with van der Waals surface area (Å²) in [5.41, 5.74) is 0.782. The van der Waals surface area contributed by atoms with Crippen molar-refractivity contribution in [2.75, 3.05) is 20.0 Å². The molecule has 6 heteroatoms. The van der Waals surface area contributed by atoms with E-state index in [-0.39, 0.29) is 12.4 Å².